The predicted molar refractivity (Wildman–Crippen MR) is 124 cm³/mol. The second-order valence-corrected chi connectivity index (χ2v) is 8.47. The summed E-state index contributed by atoms with van der Waals surface area (Å²) in [5.74, 6) is 1.05. The molecule has 0 spiro atoms. The number of hydrogen-bond donors (Lipinski definition) is 0. The molecule has 0 aliphatic carbocycles. The molecule has 162 valence electrons. The number of carbonyl (C=O) groups is 1. The fourth-order valence-corrected chi connectivity index (χ4v) is 4.60. The minimum Gasteiger partial charge on any atom is -0.497 e. The summed E-state index contributed by atoms with van der Waals surface area (Å²) in [5, 5.41) is 0. The zero-order valence-corrected chi connectivity index (χ0v) is 19.0. The zero-order valence-electron chi connectivity index (χ0n) is 19.0. The van der Waals surface area contributed by atoms with E-state index >= 15 is 0 Å². The van der Waals surface area contributed by atoms with Crippen LogP contribution in [0.15, 0.2) is 48.5 Å². The Morgan fingerprint density at radius 3 is 2.20 bits per heavy atom. The van der Waals surface area contributed by atoms with Gasteiger partial charge in [0.25, 0.3) is 0 Å². The number of benzene rings is 2. The number of likely N-dealkylation sites (N-methyl/N-ethyl adjacent to an activating group) is 1. The maximum atomic E-state index is 13.8. The number of fused-ring (bicyclic) bond motifs is 1. The Kier molecular flexibility index (Phi) is 7.54. The summed E-state index contributed by atoms with van der Waals surface area (Å²) in [6, 6.07) is 16.5. The Labute approximate surface area is 181 Å². The van der Waals surface area contributed by atoms with Crippen molar-refractivity contribution in [2.45, 2.75) is 51.4 Å². The van der Waals surface area contributed by atoms with E-state index in [2.05, 4.69) is 49.1 Å². The van der Waals surface area contributed by atoms with Gasteiger partial charge in [-0.25, -0.2) is 0 Å². The summed E-state index contributed by atoms with van der Waals surface area (Å²) >= 11 is 0. The number of amides is 1. The van der Waals surface area contributed by atoms with Gasteiger partial charge < -0.3 is 14.5 Å². The van der Waals surface area contributed by atoms with Crippen molar-refractivity contribution in [3.63, 3.8) is 0 Å². The number of methoxy groups -OCH3 is 1. The summed E-state index contributed by atoms with van der Waals surface area (Å²) in [4.78, 5) is 18.1. The van der Waals surface area contributed by atoms with Crippen LogP contribution < -0.4 is 9.64 Å². The molecule has 1 unspecified atom stereocenters. The summed E-state index contributed by atoms with van der Waals surface area (Å²) < 4.78 is 5.33. The van der Waals surface area contributed by atoms with Crippen molar-refractivity contribution in [2.75, 3.05) is 38.7 Å². The molecule has 0 N–H and O–H groups in total. The number of rotatable bonds is 11. The van der Waals surface area contributed by atoms with Crippen LogP contribution in [0.4, 0.5) is 5.69 Å². The third-order valence-electron chi connectivity index (χ3n) is 6.31. The Hall–Kier alpha value is -2.33. The lowest BCUT2D eigenvalue weighted by Crippen LogP contribution is -2.49. The van der Waals surface area contributed by atoms with E-state index in [1.165, 1.54) is 18.4 Å². The molecule has 4 nitrogen and oxygen atoms in total. The van der Waals surface area contributed by atoms with Gasteiger partial charge in [-0.3, -0.25) is 4.79 Å². The van der Waals surface area contributed by atoms with Crippen molar-refractivity contribution in [2.24, 2.45) is 0 Å². The van der Waals surface area contributed by atoms with Gasteiger partial charge in [-0.1, -0.05) is 57.0 Å². The lowest BCUT2D eigenvalue weighted by molar-refractivity contribution is -0.123. The van der Waals surface area contributed by atoms with E-state index in [1.807, 2.05) is 30.1 Å². The molecular weight excluding hydrogens is 372 g/mol. The third-order valence-corrected chi connectivity index (χ3v) is 6.31. The number of carbonyl (C=O) groups excluding carboxylic acids is 1. The van der Waals surface area contributed by atoms with Gasteiger partial charge >= 0.3 is 0 Å². The summed E-state index contributed by atoms with van der Waals surface area (Å²) in [6.07, 6.45) is 5.35. The lowest BCUT2D eigenvalue weighted by atomic mass is 9.75. The van der Waals surface area contributed by atoms with Gasteiger partial charge in [0, 0.05) is 19.3 Å². The van der Waals surface area contributed by atoms with Gasteiger partial charge in [-0.2, -0.15) is 0 Å². The first-order valence-corrected chi connectivity index (χ1v) is 11.3. The molecule has 1 aliphatic heterocycles. The van der Waals surface area contributed by atoms with E-state index in [0.717, 1.165) is 49.5 Å². The SMILES string of the molecule is CCCCN(CCCC)CC1(Cc2ccc(OC)cc2)C(=O)N(C)c2ccccc21. The number of ether oxygens (including phenoxy) is 1. The number of nitrogens with zero attached hydrogens (tertiary/aromatic N) is 2. The fourth-order valence-electron chi connectivity index (χ4n) is 4.60. The van der Waals surface area contributed by atoms with Crippen molar-refractivity contribution in [3.05, 3.63) is 59.7 Å². The third kappa shape index (κ3) is 4.54. The van der Waals surface area contributed by atoms with Crippen LogP contribution >= 0.6 is 0 Å². The quantitative estimate of drug-likeness (QED) is 0.521. The van der Waals surface area contributed by atoms with E-state index in [9.17, 15) is 4.79 Å². The van der Waals surface area contributed by atoms with Gasteiger partial charge in [0.2, 0.25) is 5.91 Å². The largest absolute Gasteiger partial charge is 0.497 e. The average Bonchev–Trinajstić information content (AvgIpc) is 2.98. The highest BCUT2D eigenvalue weighted by atomic mass is 16.5. The van der Waals surface area contributed by atoms with E-state index in [4.69, 9.17) is 4.74 Å². The minimum atomic E-state index is -0.554. The predicted octanol–water partition coefficient (Wildman–Crippen LogP) is 5.05. The Morgan fingerprint density at radius 1 is 0.967 bits per heavy atom. The summed E-state index contributed by atoms with van der Waals surface area (Å²) in [6.45, 7) is 7.31. The average molecular weight is 409 g/mol. The van der Waals surface area contributed by atoms with Crippen LogP contribution in [-0.2, 0) is 16.6 Å². The van der Waals surface area contributed by atoms with Crippen LogP contribution in [0, 0.1) is 0 Å². The van der Waals surface area contributed by atoms with Crippen molar-refractivity contribution < 1.29 is 9.53 Å². The van der Waals surface area contributed by atoms with Gasteiger partial charge in [0.1, 0.15) is 5.75 Å². The molecule has 1 atom stereocenters. The zero-order chi connectivity index (χ0) is 21.6. The molecule has 4 heteroatoms. The molecule has 0 saturated heterocycles. The summed E-state index contributed by atoms with van der Waals surface area (Å²) in [7, 11) is 3.60. The van der Waals surface area contributed by atoms with Crippen LogP contribution in [0.5, 0.6) is 5.75 Å². The molecule has 0 aromatic heterocycles. The van der Waals surface area contributed by atoms with Crippen LogP contribution in [0.25, 0.3) is 0 Å². The van der Waals surface area contributed by atoms with Crippen molar-refractivity contribution in [1.29, 1.82) is 0 Å². The first-order valence-electron chi connectivity index (χ1n) is 11.3. The van der Waals surface area contributed by atoms with E-state index < -0.39 is 5.41 Å². The normalized spacial score (nSPS) is 18.2. The highest BCUT2D eigenvalue weighted by molar-refractivity contribution is 6.08. The molecule has 2 aromatic rings. The Bertz CT molecular complexity index is 825. The van der Waals surface area contributed by atoms with Gasteiger partial charge in [-0.15, -0.1) is 0 Å². The standard InChI is InChI=1S/C26H36N2O2/c1-5-7-17-28(18-8-6-2)20-26(19-21-13-15-22(30-4)16-14-21)23-11-9-10-12-24(23)27(3)25(26)29/h9-16H,5-8,17-20H2,1-4H3. The second-order valence-electron chi connectivity index (χ2n) is 8.47. The molecule has 3 rings (SSSR count). The van der Waals surface area contributed by atoms with Gasteiger partial charge in [0.15, 0.2) is 0 Å². The highest BCUT2D eigenvalue weighted by Crippen LogP contribution is 2.44. The highest BCUT2D eigenvalue weighted by Gasteiger charge is 2.50. The molecule has 0 bridgehead atoms. The Balaban J connectivity index is 2.00. The lowest BCUT2D eigenvalue weighted by Gasteiger charge is -2.35. The molecule has 2 aromatic carbocycles. The minimum absolute atomic E-state index is 0.206. The maximum Gasteiger partial charge on any atom is 0.239 e. The number of para-hydroxylation sites is 1. The molecular formula is C26H36N2O2. The molecule has 1 amide bonds. The molecule has 0 saturated carbocycles. The van der Waals surface area contributed by atoms with E-state index in [1.54, 1.807) is 7.11 Å². The first-order chi connectivity index (χ1) is 14.6. The summed E-state index contributed by atoms with van der Waals surface area (Å²) in [5.41, 5.74) is 2.81. The van der Waals surface area contributed by atoms with Crippen molar-refractivity contribution in [3.8, 4) is 5.75 Å². The first kappa shape index (κ1) is 22.4. The van der Waals surface area contributed by atoms with Crippen LogP contribution in [-0.4, -0.2) is 44.6 Å². The fraction of sp³-hybridized carbons (Fsp3) is 0.500. The van der Waals surface area contributed by atoms with Crippen molar-refractivity contribution in [1.82, 2.24) is 4.90 Å². The number of anilines is 1. The van der Waals surface area contributed by atoms with Crippen molar-refractivity contribution >= 4 is 11.6 Å². The smallest absolute Gasteiger partial charge is 0.239 e. The molecule has 0 fully saturated rings. The van der Waals surface area contributed by atoms with Crippen LogP contribution in [0.1, 0.15) is 50.7 Å². The molecule has 1 aliphatic rings. The molecule has 1 heterocycles. The van der Waals surface area contributed by atoms with Crippen LogP contribution in [0.3, 0.4) is 0 Å². The van der Waals surface area contributed by atoms with Crippen LogP contribution in [0.2, 0.25) is 0 Å². The molecule has 0 radical (unpaired) electrons. The number of hydrogen-bond acceptors (Lipinski definition) is 3. The van der Waals surface area contributed by atoms with E-state index in [-0.39, 0.29) is 5.91 Å². The van der Waals surface area contributed by atoms with Gasteiger partial charge in [-0.05, 0) is 61.7 Å². The van der Waals surface area contributed by atoms with E-state index in [0.29, 0.717) is 6.42 Å². The number of unbranched alkanes of at least 4 members (excludes halogenated alkanes) is 2. The molecule has 30 heavy (non-hydrogen) atoms. The maximum absolute atomic E-state index is 13.8. The Morgan fingerprint density at radius 2 is 1.60 bits per heavy atom. The topological polar surface area (TPSA) is 32.8 Å². The van der Waals surface area contributed by atoms with Gasteiger partial charge in [0.05, 0.1) is 12.5 Å². The monoisotopic (exact) mass is 408 g/mol. The second kappa shape index (κ2) is 10.1.